The van der Waals surface area contributed by atoms with Gasteiger partial charge in [-0.1, -0.05) is 23.4 Å². The molecule has 0 bridgehead atoms. The highest BCUT2D eigenvalue weighted by Gasteiger charge is 2.15. The highest BCUT2D eigenvalue weighted by molar-refractivity contribution is 5.82. The number of aromatic nitrogens is 4. The molecule has 1 N–H and O–H groups in total. The Hall–Kier alpha value is -2.27. The van der Waals surface area contributed by atoms with Crippen molar-refractivity contribution >= 4 is 10.9 Å². The monoisotopic (exact) mass is 267 g/mol. The number of pyridine rings is 1. The molecule has 2 aromatic heterocycles. The van der Waals surface area contributed by atoms with Gasteiger partial charge in [-0.15, -0.1) is 5.10 Å². The number of fused-ring (bicyclic) bond motifs is 1. The van der Waals surface area contributed by atoms with Crippen LogP contribution in [0, 0.1) is 0 Å². The second-order valence-electron chi connectivity index (χ2n) is 4.85. The molecule has 2 heterocycles. The first-order chi connectivity index (χ1) is 9.78. The van der Waals surface area contributed by atoms with Crippen LogP contribution in [0.25, 0.3) is 10.9 Å². The van der Waals surface area contributed by atoms with Gasteiger partial charge in [0.15, 0.2) is 0 Å². The molecule has 0 fully saturated rings. The molecular weight excluding hydrogens is 250 g/mol. The maximum Gasteiger partial charge on any atom is 0.0845 e. The third kappa shape index (κ3) is 2.40. The Morgan fingerprint density at radius 3 is 2.90 bits per heavy atom. The zero-order chi connectivity index (χ0) is 13.9. The molecule has 0 spiro atoms. The Morgan fingerprint density at radius 1 is 1.25 bits per heavy atom. The van der Waals surface area contributed by atoms with E-state index in [2.05, 4.69) is 32.7 Å². The number of aryl methyl sites for hydroxylation is 1. The van der Waals surface area contributed by atoms with E-state index in [1.807, 2.05) is 44.7 Å². The first-order valence-electron chi connectivity index (χ1n) is 6.64. The number of hydrogen-bond donors (Lipinski definition) is 1. The summed E-state index contributed by atoms with van der Waals surface area (Å²) in [6.45, 7) is 0. The highest BCUT2D eigenvalue weighted by atomic mass is 15.4. The van der Waals surface area contributed by atoms with E-state index < -0.39 is 0 Å². The fourth-order valence-electron chi connectivity index (χ4n) is 2.50. The van der Waals surface area contributed by atoms with Gasteiger partial charge in [-0.05, 0) is 24.7 Å². The van der Waals surface area contributed by atoms with E-state index in [9.17, 15) is 0 Å². The second kappa shape index (κ2) is 5.38. The average molecular weight is 267 g/mol. The van der Waals surface area contributed by atoms with Crippen molar-refractivity contribution in [3.05, 3.63) is 54.0 Å². The van der Waals surface area contributed by atoms with Gasteiger partial charge in [0.05, 0.1) is 11.2 Å². The van der Waals surface area contributed by atoms with E-state index in [-0.39, 0.29) is 6.04 Å². The quantitative estimate of drug-likeness (QED) is 0.784. The molecule has 0 aliphatic rings. The third-order valence-electron chi connectivity index (χ3n) is 3.47. The summed E-state index contributed by atoms with van der Waals surface area (Å²) in [4.78, 5) is 4.41. The van der Waals surface area contributed by atoms with Gasteiger partial charge in [-0.2, -0.15) is 0 Å². The Morgan fingerprint density at radius 2 is 2.15 bits per heavy atom. The average Bonchev–Trinajstić information content (AvgIpc) is 2.89. The van der Waals surface area contributed by atoms with Crippen LogP contribution < -0.4 is 5.32 Å². The summed E-state index contributed by atoms with van der Waals surface area (Å²) in [6, 6.07) is 10.5. The van der Waals surface area contributed by atoms with E-state index in [4.69, 9.17) is 0 Å². The largest absolute Gasteiger partial charge is 0.313 e. The van der Waals surface area contributed by atoms with Crippen LogP contribution in [0.2, 0.25) is 0 Å². The summed E-state index contributed by atoms with van der Waals surface area (Å²) in [5.74, 6) is 0. The minimum Gasteiger partial charge on any atom is -0.313 e. The van der Waals surface area contributed by atoms with Crippen LogP contribution in [0.15, 0.2) is 42.7 Å². The number of nitrogens with one attached hydrogen (secondary N) is 1. The van der Waals surface area contributed by atoms with Crippen LogP contribution in [-0.2, 0) is 13.5 Å². The Labute approximate surface area is 117 Å². The fourth-order valence-corrected chi connectivity index (χ4v) is 2.50. The minimum atomic E-state index is 0.194. The Kier molecular flexibility index (Phi) is 3.43. The molecule has 0 radical (unpaired) electrons. The van der Waals surface area contributed by atoms with Crippen LogP contribution in [0.1, 0.15) is 17.3 Å². The van der Waals surface area contributed by atoms with Crippen molar-refractivity contribution in [2.24, 2.45) is 7.05 Å². The molecule has 1 atom stereocenters. The number of rotatable bonds is 4. The van der Waals surface area contributed by atoms with Gasteiger partial charge in [-0.3, -0.25) is 9.67 Å². The standard InChI is InChI=1S/C15H17N5/c1-16-15(9-11-10-20(2)19-18-11)13-5-3-7-14-12(13)6-4-8-17-14/h3-8,10,15-16H,9H2,1-2H3. The summed E-state index contributed by atoms with van der Waals surface area (Å²) in [5, 5.41) is 12.7. The zero-order valence-electron chi connectivity index (χ0n) is 11.6. The predicted molar refractivity (Wildman–Crippen MR) is 78.3 cm³/mol. The van der Waals surface area contributed by atoms with Crippen molar-refractivity contribution in [1.29, 1.82) is 0 Å². The molecule has 3 rings (SSSR count). The normalized spacial score (nSPS) is 12.7. The number of hydrogen-bond acceptors (Lipinski definition) is 4. The van der Waals surface area contributed by atoms with Crippen LogP contribution in [0.5, 0.6) is 0 Å². The summed E-state index contributed by atoms with van der Waals surface area (Å²) in [5.41, 5.74) is 3.24. The van der Waals surface area contributed by atoms with E-state index in [1.165, 1.54) is 10.9 Å². The molecule has 0 saturated carbocycles. The maximum absolute atomic E-state index is 4.41. The third-order valence-corrected chi connectivity index (χ3v) is 3.47. The van der Waals surface area contributed by atoms with Crippen LogP contribution >= 0.6 is 0 Å². The van der Waals surface area contributed by atoms with Crippen molar-refractivity contribution in [3.8, 4) is 0 Å². The molecule has 5 heteroatoms. The lowest BCUT2D eigenvalue weighted by Crippen LogP contribution is -2.19. The minimum absolute atomic E-state index is 0.194. The summed E-state index contributed by atoms with van der Waals surface area (Å²) < 4.78 is 1.73. The van der Waals surface area contributed by atoms with Crippen molar-refractivity contribution in [2.45, 2.75) is 12.5 Å². The number of nitrogens with zero attached hydrogens (tertiary/aromatic N) is 4. The van der Waals surface area contributed by atoms with Gasteiger partial charge in [0, 0.05) is 37.3 Å². The fraction of sp³-hybridized carbons (Fsp3) is 0.267. The van der Waals surface area contributed by atoms with Gasteiger partial charge < -0.3 is 5.32 Å². The molecule has 0 aliphatic carbocycles. The molecule has 1 unspecified atom stereocenters. The van der Waals surface area contributed by atoms with Crippen LogP contribution in [0.3, 0.4) is 0 Å². The van der Waals surface area contributed by atoms with Crippen molar-refractivity contribution in [2.75, 3.05) is 7.05 Å². The van der Waals surface area contributed by atoms with Crippen molar-refractivity contribution in [3.63, 3.8) is 0 Å². The van der Waals surface area contributed by atoms with Gasteiger partial charge >= 0.3 is 0 Å². The molecule has 102 valence electrons. The lowest BCUT2D eigenvalue weighted by atomic mass is 9.98. The molecule has 1 aromatic carbocycles. The first-order valence-corrected chi connectivity index (χ1v) is 6.64. The van der Waals surface area contributed by atoms with Gasteiger partial charge in [0.25, 0.3) is 0 Å². The molecule has 5 nitrogen and oxygen atoms in total. The smallest absolute Gasteiger partial charge is 0.0845 e. The molecular formula is C15H17N5. The summed E-state index contributed by atoms with van der Waals surface area (Å²) in [6.07, 6.45) is 4.58. The van der Waals surface area contributed by atoms with E-state index in [0.29, 0.717) is 0 Å². The van der Waals surface area contributed by atoms with Gasteiger partial charge in [0.2, 0.25) is 0 Å². The predicted octanol–water partition coefficient (Wildman–Crippen LogP) is 1.87. The highest BCUT2D eigenvalue weighted by Crippen LogP contribution is 2.24. The molecule has 0 amide bonds. The molecule has 3 aromatic rings. The van der Waals surface area contributed by atoms with E-state index in [0.717, 1.165) is 17.6 Å². The zero-order valence-corrected chi connectivity index (χ0v) is 11.6. The van der Waals surface area contributed by atoms with Crippen LogP contribution in [0.4, 0.5) is 0 Å². The Bertz CT molecular complexity index is 714. The van der Waals surface area contributed by atoms with Crippen molar-refractivity contribution < 1.29 is 0 Å². The van der Waals surface area contributed by atoms with E-state index in [1.54, 1.807) is 4.68 Å². The maximum atomic E-state index is 4.41. The second-order valence-corrected chi connectivity index (χ2v) is 4.85. The van der Waals surface area contributed by atoms with Crippen LogP contribution in [-0.4, -0.2) is 27.0 Å². The van der Waals surface area contributed by atoms with E-state index >= 15 is 0 Å². The van der Waals surface area contributed by atoms with Gasteiger partial charge in [0.1, 0.15) is 0 Å². The lowest BCUT2D eigenvalue weighted by molar-refractivity contribution is 0.587. The van der Waals surface area contributed by atoms with Gasteiger partial charge in [-0.25, -0.2) is 0 Å². The summed E-state index contributed by atoms with van der Waals surface area (Å²) >= 11 is 0. The molecule has 20 heavy (non-hydrogen) atoms. The molecule has 0 saturated heterocycles. The molecule has 0 aliphatic heterocycles. The lowest BCUT2D eigenvalue weighted by Gasteiger charge is -2.17. The Balaban J connectivity index is 1.98. The number of benzene rings is 1. The topological polar surface area (TPSA) is 55.6 Å². The number of likely N-dealkylation sites (N-methyl/N-ethyl adjacent to an activating group) is 1. The SMILES string of the molecule is CNC(Cc1cn(C)nn1)c1cccc2ncccc12. The summed E-state index contributed by atoms with van der Waals surface area (Å²) in [7, 11) is 3.85. The van der Waals surface area contributed by atoms with Crippen molar-refractivity contribution in [1.82, 2.24) is 25.3 Å². The first kappa shape index (κ1) is 12.7.